The molecule has 0 saturated heterocycles. The quantitative estimate of drug-likeness (QED) is 0.373. The number of hydrogen-bond acceptors (Lipinski definition) is 1. The van der Waals surface area contributed by atoms with E-state index in [2.05, 4.69) is 22.9 Å². The second-order valence-electron chi connectivity index (χ2n) is 4.50. The zero-order valence-corrected chi connectivity index (χ0v) is 12.5. The van der Waals surface area contributed by atoms with E-state index < -0.39 is 6.43 Å². The van der Waals surface area contributed by atoms with Crippen LogP contribution in [0.2, 0.25) is 0 Å². The van der Waals surface area contributed by atoms with Gasteiger partial charge in [0.25, 0.3) is 6.43 Å². The summed E-state index contributed by atoms with van der Waals surface area (Å²) in [5.74, 6) is 0. The SMILES string of the molecule is CCCCCCCCCN(CCBr)CC(F)F. The molecule has 0 aliphatic heterocycles. The van der Waals surface area contributed by atoms with E-state index in [9.17, 15) is 8.78 Å². The Kier molecular flexibility index (Phi) is 13.0. The zero-order valence-electron chi connectivity index (χ0n) is 10.9. The first kappa shape index (κ1) is 17.3. The highest BCUT2D eigenvalue weighted by Gasteiger charge is 2.10. The van der Waals surface area contributed by atoms with Crippen molar-refractivity contribution in [1.82, 2.24) is 4.90 Å². The van der Waals surface area contributed by atoms with Crippen LogP contribution >= 0.6 is 15.9 Å². The summed E-state index contributed by atoms with van der Waals surface area (Å²) in [7, 11) is 0. The molecule has 17 heavy (non-hydrogen) atoms. The van der Waals surface area contributed by atoms with Crippen molar-refractivity contribution < 1.29 is 8.78 Å². The highest BCUT2D eigenvalue weighted by Crippen LogP contribution is 2.08. The van der Waals surface area contributed by atoms with Crippen molar-refractivity contribution in [3.8, 4) is 0 Å². The minimum Gasteiger partial charge on any atom is -0.297 e. The maximum absolute atomic E-state index is 12.3. The van der Waals surface area contributed by atoms with Crippen LogP contribution in [0.4, 0.5) is 8.78 Å². The number of unbranched alkanes of at least 4 members (excludes halogenated alkanes) is 6. The average Bonchev–Trinajstić information content (AvgIpc) is 2.27. The van der Waals surface area contributed by atoms with Gasteiger partial charge in [-0.3, -0.25) is 4.90 Å². The Balaban J connectivity index is 3.40. The smallest absolute Gasteiger partial charge is 0.251 e. The van der Waals surface area contributed by atoms with Gasteiger partial charge in [0.05, 0.1) is 6.54 Å². The molecule has 0 N–H and O–H groups in total. The topological polar surface area (TPSA) is 3.24 Å². The van der Waals surface area contributed by atoms with Gasteiger partial charge in [0.15, 0.2) is 0 Å². The fraction of sp³-hybridized carbons (Fsp3) is 1.00. The number of alkyl halides is 3. The highest BCUT2D eigenvalue weighted by atomic mass is 79.9. The van der Waals surface area contributed by atoms with Gasteiger partial charge in [0.1, 0.15) is 0 Å². The summed E-state index contributed by atoms with van der Waals surface area (Å²) in [6.07, 6.45) is 6.46. The standard InChI is InChI=1S/C13H26BrF2N/c1-2-3-4-5-6-7-8-10-17(11-9-14)12-13(15)16/h13H,2-12H2,1H3. The molecule has 0 radical (unpaired) electrons. The predicted molar refractivity (Wildman–Crippen MR) is 74.2 cm³/mol. The molecule has 0 spiro atoms. The molecule has 0 amide bonds. The minimum atomic E-state index is -2.21. The van der Waals surface area contributed by atoms with E-state index in [0.717, 1.165) is 24.8 Å². The van der Waals surface area contributed by atoms with E-state index in [1.807, 2.05) is 4.90 Å². The van der Waals surface area contributed by atoms with Crippen LogP contribution in [0.1, 0.15) is 51.9 Å². The Morgan fingerprint density at radius 1 is 0.941 bits per heavy atom. The van der Waals surface area contributed by atoms with Crippen LogP contribution in [-0.2, 0) is 0 Å². The summed E-state index contributed by atoms with van der Waals surface area (Å²) in [5, 5.41) is 0.774. The molecule has 1 nitrogen and oxygen atoms in total. The molecular weight excluding hydrogens is 288 g/mol. The summed E-state index contributed by atoms with van der Waals surface area (Å²) in [5.41, 5.74) is 0. The molecule has 0 fully saturated rings. The lowest BCUT2D eigenvalue weighted by Crippen LogP contribution is -2.31. The summed E-state index contributed by atoms with van der Waals surface area (Å²) in [6.45, 7) is 3.66. The van der Waals surface area contributed by atoms with E-state index in [1.165, 1.54) is 38.5 Å². The summed E-state index contributed by atoms with van der Waals surface area (Å²) >= 11 is 3.30. The van der Waals surface area contributed by atoms with Crippen LogP contribution in [0.25, 0.3) is 0 Å². The lowest BCUT2D eigenvalue weighted by atomic mass is 10.1. The predicted octanol–water partition coefficient (Wildman–Crippen LogP) is 4.70. The molecule has 104 valence electrons. The lowest BCUT2D eigenvalue weighted by molar-refractivity contribution is 0.0905. The Morgan fingerprint density at radius 2 is 1.53 bits per heavy atom. The summed E-state index contributed by atoms with van der Waals surface area (Å²) < 4.78 is 24.5. The molecule has 0 rings (SSSR count). The maximum Gasteiger partial charge on any atom is 0.251 e. The van der Waals surface area contributed by atoms with Gasteiger partial charge >= 0.3 is 0 Å². The Morgan fingerprint density at radius 3 is 2.06 bits per heavy atom. The van der Waals surface area contributed by atoms with E-state index in [-0.39, 0.29) is 6.54 Å². The van der Waals surface area contributed by atoms with Gasteiger partial charge in [0, 0.05) is 11.9 Å². The van der Waals surface area contributed by atoms with E-state index in [0.29, 0.717) is 0 Å². The van der Waals surface area contributed by atoms with Gasteiger partial charge in [-0.1, -0.05) is 61.4 Å². The highest BCUT2D eigenvalue weighted by molar-refractivity contribution is 9.09. The maximum atomic E-state index is 12.3. The summed E-state index contributed by atoms with van der Waals surface area (Å²) in [6, 6.07) is 0. The molecule has 0 aliphatic rings. The van der Waals surface area contributed by atoms with Crippen LogP contribution in [-0.4, -0.2) is 36.3 Å². The number of halogens is 3. The Labute approximate surface area is 113 Å². The first-order valence-electron chi connectivity index (χ1n) is 6.77. The molecule has 0 aliphatic carbocycles. The lowest BCUT2D eigenvalue weighted by Gasteiger charge is -2.20. The fourth-order valence-electron chi connectivity index (χ4n) is 1.90. The molecule has 0 atom stereocenters. The zero-order chi connectivity index (χ0) is 12.9. The van der Waals surface area contributed by atoms with Gasteiger partial charge in [-0.25, -0.2) is 8.78 Å². The van der Waals surface area contributed by atoms with Gasteiger partial charge in [0.2, 0.25) is 0 Å². The van der Waals surface area contributed by atoms with Crippen LogP contribution < -0.4 is 0 Å². The van der Waals surface area contributed by atoms with Crippen molar-refractivity contribution in [2.24, 2.45) is 0 Å². The van der Waals surface area contributed by atoms with Crippen molar-refractivity contribution >= 4 is 15.9 Å². The van der Waals surface area contributed by atoms with Crippen molar-refractivity contribution in [2.45, 2.75) is 58.3 Å². The monoisotopic (exact) mass is 313 g/mol. The molecule has 0 aromatic carbocycles. The van der Waals surface area contributed by atoms with Gasteiger partial charge in [-0.05, 0) is 13.0 Å². The summed E-state index contributed by atoms with van der Waals surface area (Å²) in [4.78, 5) is 1.85. The molecule has 0 aromatic heterocycles. The second kappa shape index (κ2) is 12.7. The first-order chi connectivity index (χ1) is 8.20. The number of nitrogens with zero attached hydrogens (tertiary/aromatic N) is 1. The molecule has 0 saturated carbocycles. The van der Waals surface area contributed by atoms with Crippen LogP contribution in [0.5, 0.6) is 0 Å². The van der Waals surface area contributed by atoms with E-state index in [4.69, 9.17) is 0 Å². The van der Waals surface area contributed by atoms with Gasteiger partial charge in [-0.2, -0.15) is 0 Å². The van der Waals surface area contributed by atoms with Crippen molar-refractivity contribution in [3.63, 3.8) is 0 Å². The molecular formula is C13H26BrF2N. The molecule has 0 unspecified atom stereocenters. The molecule has 4 heteroatoms. The first-order valence-corrected chi connectivity index (χ1v) is 7.89. The Bertz CT molecular complexity index is 156. The van der Waals surface area contributed by atoms with Crippen molar-refractivity contribution in [3.05, 3.63) is 0 Å². The number of rotatable bonds is 12. The molecule has 0 aromatic rings. The average molecular weight is 314 g/mol. The normalized spacial score (nSPS) is 11.6. The molecule has 0 bridgehead atoms. The molecule has 0 heterocycles. The van der Waals surface area contributed by atoms with E-state index in [1.54, 1.807) is 0 Å². The number of hydrogen-bond donors (Lipinski definition) is 0. The van der Waals surface area contributed by atoms with Crippen LogP contribution in [0.15, 0.2) is 0 Å². The van der Waals surface area contributed by atoms with Crippen molar-refractivity contribution in [2.75, 3.05) is 25.0 Å². The van der Waals surface area contributed by atoms with Crippen LogP contribution in [0, 0.1) is 0 Å². The van der Waals surface area contributed by atoms with Gasteiger partial charge in [-0.15, -0.1) is 0 Å². The third kappa shape index (κ3) is 12.5. The third-order valence-electron chi connectivity index (χ3n) is 2.87. The van der Waals surface area contributed by atoms with Crippen molar-refractivity contribution in [1.29, 1.82) is 0 Å². The van der Waals surface area contributed by atoms with E-state index >= 15 is 0 Å². The van der Waals surface area contributed by atoms with Gasteiger partial charge < -0.3 is 0 Å². The fourth-order valence-corrected chi connectivity index (χ4v) is 2.40. The largest absolute Gasteiger partial charge is 0.297 e. The Hall–Kier alpha value is 0.300. The second-order valence-corrected chi connectivity index (χ2v) is 5.29. The minimum absolute atomic E-state index is 0.0819. The van der Waals surface area contributed by atoms with Crippen LogP contribution in [0.3, 0.4) is 0 Å². The third-order valence-corrected chi connectivity index (χ3v) is 3.23.